The molecule has 2 aromatic heterocycles. The summed E-state index contributed by atoms with van der Waals surface area (Å²) in [6.07, 6.45) is 2.72. The van der Waals surface area contributed by atoms with Gasteiger partial charge in [-0.25, -0.2) is 4.79 Å². The van der Waals surface area contributed by atoms with Gasteiger partial charge in [0.2, 0.25) is 11.7 Å². The Kier molecular flexibility index (Phi) is 6.49. The van der Waals surface area contributed by atoms with Crippen LogP contribution in [0.3, 0.4) is 0 Å². The van der Waals surface area contributed by atoms with E-state index in [1.54, 1.807) is 24.3 Å². The van der Waals surface area contributed by atoms with E-state index in [2.05, 4.69) is 17.1 Å². The lowest BCUT2D eigenvalue weighted by Gasteiger charge is -2.12. The average Bonchev–Trinajstić information content (AvgIpc) is 3.28. The maximum Gasteiger partial charge on any atom is 0.331 e. The molecule has 166 valence electrons. The summed E-state index contributed by atoms with van der Waals surface area (Å²) in [6, 6.07) is 14.5. The lowest BCUT2D eigenvalue weighted by Crippen LogP contribution is -2.40. The molecule has 2 heterocycles. The van der Waals surface area contributed by atoms with Crippen LogP contribution in [0.4, 0.5) is 0 Å². The molecule has 8 nitrogen and oxygen atoms in total. The minimum Gasteiger partial charge on any atom is -0.493 e. The molecule has 0 amide bonds. The van der Waals surface area contributed by atoms with Crippen molar-refractivity contribution in [3.8, 4) is 17.1 Å². The van der Waals surface area contributed by atoms with E-state index >= 15 is 0 Å². The molecule has 0 saturated carbocycles. The first-order chi connectivity index (χ1) is 15.6. The number of hydrogen-bond donors (Lipinski definition) is 0. The zero-order valence-electron chi connectivity index (χ0n) is 18.3. The van der Waals surface area contributed by atoms with Crippen molar-refractivity contribution in [2.24, 2.45) is 0 Å². The van der Waals surface area contributed by atoms with Crippen LogP contribution in [0.15, 0.2) is 62.6 Å². The third-order valence-corrected chi connectivity index (χ3v) is 5.31. The Morgan fingerprint density at radius 2 is 1.75 bits per heavy atom. The monoisotopic (exact) mass is 434 g/mol. The Morgan fingerprint density at radius 3 is 2.56 bits per heavy atom. The quantitative estimate of drug-likeness (QED) is 0.372. The summed E-state index contributed by atoms with van der Waals surface area (Å²) < 4.78 is 13.9. The average molecular weight is 434 g/mol. The standard InChI is InChI=1S/C24H26N4O4/c1-3-5-10-15-27-23(29)17-11-6-8-13-19(17)28(24(27)30)16-21-25-22(26-32-21)18-12-7-9-14-20(18)31-4-2/h6-9,11-14H,3-5,10,15-16H2,1-2H3. The van der Waals surface area contributed by atoms with Gasteiger partial charge in [-0.3, -0.25) is 13.9 Å². The first kappa shape index (κ1) is 21.5. The molecule has 0 aliphatic carbocycles. The summed E-state index contributed by atoms with van der Waals surface area (Å²) in [7, 11) is 0. The molecule has 2 aromatic carbocycles. The first-order valence-electron chi connectivity index (χ1n) is 10.9. The molecule has 4 rings (SSSR count). The number of aromatic nitrogens is 4. The second-order valence-corrected chi connectivity index (χ2v) is 7.49. The molecule has 0 N–H and O–H groups in total. The summed E-state index contributed by atoms with van der Waals surface area (Å²) in [5.41, 5.74) is 0.615. The number of fused-ring (bicyclic) bond motifs is 1. The highest BCUT2D eigenvalue weighted by Crippen LogP contribution is 2.27. The van der Waals surface area contributed by atoms with E-state index in [0.29, 0.717) is 41.2 Å². The van der Waals surface area contributed by atoms with E-state index in [1.165, 1.54) is 9.13 Å². The molecular weight excluding hydrogens is 408 g/mol. The van der Waals surface area contributed by atoms with Gasteiger partial charge in [0, 0.05) is 6.54 Å². The number of unbranched alkanes of at least 4 members (excludes halogenated alkanes) is 2. The Morgan fingerprint density at radius 1 is 0.969 bits per heavy atom. The van der Waals surface area contributed by atoms with E-state index in [1.807, 2.05) is 31.2 Å². The van der Waals surface area contributed by atoms with Gasteiger partial charge >= 0.3 is 5.69 Å². The lowest BCUT2D eigenvalue weighted by atomic mass is 10.2. The molecule has 0 fully saturated rings. The number of nitrogens with zero attached hydrogens (tertiary/aromatic N) is 4. The minimum absolute atomic E-state index is 0.0667. The van der Waals surface area contributed by atoms with Crippen LogP contribution in [0, 0.1) is 0 Å². The molecule has 0 aliphatic rings. The summed E-state index contributed by atoms with van der Waals surface area (Å²) >= 11 is 0. The van der Waals surface area contributed by atoms with Gasteiger partial charge in [0.05, 0.1) is 23.1 Å². The van der Waals surface area contributed by atoms with Crippen LogP contribution in [-0.2, 0) is 13.1 Å². The number of hydrogen-bond acceptors (Lipinski definition) is 6. The first-order valence-corrected chi connectivity index (χ1v) is 10.9. The fourth-order valence-corrected chi connectivity index (χ4v) is 3.74. The normalized spacial score (nSPS) is 11.2. The molecule has 32 heavy (non-hydrogen) atoms. The molecule has 0 aliphatic heterocycles. The molecule has 0 unspecified atom stereocenters. The number of para-hydroxylation sites is 2. The van der Waals surface area contributed by atoms with Crippen LogP contribution in [0.1, 0.15) is 39.0 Å². The summed E-state index contributed by atoms with van der Waals surface area (Å²) in [5.74, 6) is 1.32. The number of rotatable bonds is 9. The van der Waals surface area contributed by atoms with Crippen LogP contribution < -0.4 is 16.0 Å². The Bertz CT molecular complexity index is 1340. The smallest absolute Gasteiger partial charge is 0.331 e. The molecule has 8 heteroatoms. The topological polar surface area (TPSA) is 92.2 Å². The number of benzene rings is 2. The van der Waals surface area contributed by atoms with Gasteiger partial charge in [-0.2, -0.15) is 4.98 Å². The number of ether oxygens (including phenoxy) is 1. The fourth-order valence-electron chi connectivity index (χ4n) is 3.74. The Labute approximate surface area is 185 Å². The van der Waals surface area contributed by atoms with Crippen molar-refractivity contribution < 1.29 is 9.26 Å². The van der Waals surface area contributed by atoms with Crippen molar-refractivity contribution in [2.45, 2.75) is 46.2 Å². The molecular formula is C24H26N4O4. The van der Waals surface area contributed by atoms with Crippen LogP contribution in [0.2, 0.25) is 0 Å². The molecule has 0 radical (unpaired) electrons. The van der Waals surface area contributed by atoms with E-state index in [-0.39, 0.29) is 23.7 Å². The van der Waals surface area contributed by atoms with Gasteiger partial charge in [-0.1, -0.05) is 49.2 Å². The van der Waals surface area contributed by atoms with Gasteiger partial charge in [-0.05, 0) is 37.6 Å². The van der Waals surface area contributed by atoms with Crippen molar-refractivity contribution in [3.05, 3.63) is 75.3 Å². The minimum atomic E-state index is -0.376. The molecule has 0 atom stereocenters. The van der Waals surface area contributed by atoms with Gasteiger partial charge in [-0.15, -0.1) is 0 Å². The van der Waals surface area contributed by atoms with Crippen molar-refractivity contribution in [3.63, 3.8) is 0 Å². The third kappa shape index (κ3) is 4.21. The Hall–Kier alpha value is -3.68. The van der Waals surface area contributed by atoms with Crippen LogP contribution in [0.5, 0.6) is 5.75 Å². The maximum absolute atomic E-state index is 13.2. The largest absolute Gasteiger partial charge is 0.493 e. The van der Waals surface area contributed by atoms with Gasteiger partial charge in [0.1, 0.15) is 12.3 Å². The highest BCUT2D eigenvalue weighted by atomic mass is 16.5. The molecule has 0 saturated heterocycles. The third-order valence-electron chi connectivity index (χ3n) is 5.31. The highest BCUT2D eigenvalue weighted by molar-refractivity contribution is 5.77. The van der Waals surface area contributed by atoms with E-state index in [4.69, 9.17) is 9.26 Å². The lowest BCUT2D eigenvalue weighted by molar-refractivity contribution is 0.340. The summed E-state index contributed by atoms with van der Waals surface area (Å²) in [4.78, 5) is 30.6. The highest BCUT2D eigenvalue weighted by Gasteiger charge is 2.17. The molecule has 4 aromatic rings. The van der Waals surface area contributed by atoms with Crippen molar-refractivity contribution >= 4 is 10.9 Å². The van der Waals surface area contributed by atoms with Crippen molar-refractivity contribution in [2.75, 3.05) is 6.61 Å². The molecule has 0 bridgehead atoms. The zero-order valence-corrected chi connectivity index (χ0v) is 18.3. The predicted octanol–water partition coefficient (Wildman–Crippen LogP) is 3.85. The Balaban J connectivity index is 1.74. The SMILES string of the molecule is CCCCCn1c(=O)c2ccccc2n(Cc2nc(-c3ccccc3OCC)no2)c1=O. The van der Waals surface area contributed by atoms with Crippen molar-refractivity contribution in [1.29, 1.82) is 0 Å². The van der Waals surface area contributed by atoms with Crippen molar-refractivity contribution in [1.82, 2.24) is 19.3 Å². The second-order valence-electron chi connectivity index (χ2n) is 7.49. The summed E-state index contributed by atoms with van der Waals surface area (Å²) in [5, 5.41) is 4.58. The van der Waals surface area contributed by atoms with E-state index in [0.717, 1.165) is 19.3 Å². The summed E-state index contributed by atoms with van der Waals surface area (Å²) in [6.45, 7) is 4.96. The van der Waals surface area contributed by atoms with E-state index in [9.17, 15) is 9.59 Å². The van der Waals surface area contributed by atoms with E-state index < -0.39 is 0 Å². The maximum atomic E-state index is 13.2. The fraction of sp³-hybridized carbons (Fsp3) is 0.333. The van der Waals surface area contributed by atoms with Crippen LogP contribution >= 0.6 is 0 Å². The predicted molar refractivity (Wildman–Crippen MR) is 122 cm³/mol. The van der Waals surface area contributed by atoms with Crippen LogP contribution in [0.25, 0.3) is 22.3 Å². The van der Waals surface area contributed by atoms with Gasteiger partial charge < -0.3 is 9.26 Å². The van der Waals surface area contributed by atoms with Crippen LogP contribution in [-0.4, -0.2) is 25.9 Å². The second kappa shape index (κ2) is 9.64. The van der Waals surface area contributed by atoms with Gasteiger partial charge in [0.25, 0.3) is 5.56 Å². The van der Waals surface area contributed by atoms with Gasteiger partial charge in [0.15, 0.2) is 0 Å². The zero-order chi connectivity index (χ0) is 22.5. The molecule has 0 spiro atoms.